The molecule has 2 unspecified atom stereocenters. The molecule has 0 radical (unpaired) electrons. The number of carboxylic acids is 4. The van der Waals surface area contributed by atoms with E-state index in [0.29, 0.717) is 19.4 Å². The summed E-state index contributed by atoms with van der Waals surface area (Å²) >= 11 is 0. The van der Waals surface area contributed by atoms with E-state index in [9.17, 15) is 19.2 Å². The van der Waals surface area contributed by atoms with Crippen molar-refractivity contribution in [3.05, 3.63) is 0 Å². The summed E-state index contributed by atoms with van der Waals surface area (Å²) in [6, 6.07) is -1.73. The highest BCUT2D eigenvalue weighted by molar-refractivity contribution is 5.73. The molecule has 0 rings (SSSR count). The predicted molar refractivity (Wildman–Crippen MR) is 87.7 cm³/mol. The van der Waals surface area contributed by atoms with Crippen molar-refractivity contribution in [1.82, 2.24) is 0 Å². The van der Waals surface area contributed by atoms with Crippen molar-refractivity contribution in [2.45, 2.75) is 44.2 Å². The zero-order valence-corrected chi connectivity index (χ0v) is 13.8. The smallest absolute Gasteiger partial charge is 0.320 e. The van der Waals surface area contributed by atoms with Gasteiger partial charge in [0.25, 0.3) is 0 Å². The van der Waals surface area contributed by atoms with Crippen LogP contribution < -0.4 is 22.9 Å². The van der Waals surface area contributed by atoms with Crippen LogP contribution in [0, 0.1) is 0 Å². The van der Waals surface area contributed by atoms with E-state index in [0.717, 1.165) is 0 Å². The van der Waals surface area contributed by atoms with Gasteiger partial charge in [0.05, 0.1) is 6.42 Å². The van der Waals surface area contributed by atoms with E-state index in [1.54, 1.807) is 0 Å². The van der Waals surface area contributed by atoms with E-state index in [-0.39, 0.29) is 25.8 Å². The quantitative estimate of drug-likeness (QED) is 0.205. The highest BCUT2D eigenvalue weighted by atomic mass is 16.4. The van der Waals surface area contributed by atoms with Crippen LogP contribution in [0.5, 0.6) is 0 Å². The monoisotopic (exact) mass is 368 g/mol. The molecule has 2 atom stereocenters. The molecule has 12 N–H and O–H groups in total. The zero-order valence-electron chi connectivity index (χ0n) is 13.8. The van der Waals surface area contributed by atoms with Gasteiger partial charge in [0.15, 0.2) is 0 Å². The summed E-state index contributed by atoms with van der Waals surface area (Å²) in [4.78, 5) is 39.5. The molecule has 0 saturated carbocycles. The summed E-state index contributed by atoms with van der Waals surface area (Å²) in [6.45, 7) is 0.558. The topological polar surface area (TPSA) is 253 Å². The summed E-state index contributed by atoms with van der Waals surface area (Å²) in [6.07, 6.45) is 0.904. The molecule has 0 amide bonds. The van der Waals surface area contributed by atoms with Crippen LogP contribution in [0.2, 0.25) is 0 Å². The van der Waals surface area contributed by atoms with Crippen molar-refractivity contribution >= 4 is 23.9 Å². The van der Waals surface area contributed by atoms with E-state index in [2.05, 4.69) is 0 Å². The molecule has 0 spiro atoms. The van der Waals surface area contributed by atoms with Crippen LogP contribution >= 0.6 is 0 Å². The van der Waals surface area contributed by atoms with Crippen molar-refractivity contribution in [1.29, 1.82) is 0 Å². The van der Waals surface area contributed by atoms with Crippen molar-refractivity contribution < 1.29 is 39.6 Å². The average molecular weight is 368 g/mol. The molecule has 0 heterocycles. The van der Waals surface area contributed by atoms with Crippen molar-refractivity contribution in [3.63, 3.8) is 0 Å². The lowest BCUT2D eigenvalue weighted by Crippen LogP contribution is -2.32. The molecule has 12 nitrogen and oxygen atoms in total. The normalized spacial score (nSPS) is 11.7. The summed E-state index contributed by atoms with van der Waals surface area (Å²) < 4.78 is 0. The molecule has 0 aliphatic rings. The summed E-state index contributed by atoms with van der Waals surface area (Å²) in [5.74, 6) is -3.84. The molecule has 0 saturated heterocycles. The Labute approximate surface area is 144 Å². The molecule has 0 aromatic rings. The number of nitrogens with two attached hydrogens (primary N) is 4. The molecule has 0 aliphatic heterocycles. The first kappa shape index (κ1) is 27.6. The van der Waals surface area contributed by atoms with Gasteiger partial charge in [-0.1, -0.05) is 0 Å². The largest absolute Gasteiger partial charge is 0.481 e. The van der Waals surface area contributed by atoms with Gasteiger partial charge in [-0.05, 0) is 25.8 Å². The highest BCUT2D eigenvalue weighted by Gasteiger charge is 2.11. The van der Waals surface area contributed by atoms with E-state index < -0.39 is 36.0 Å². The van der Waals surface area contributed by atoms with Gasteiger partial charge in [-0.15, -0.1) is 0 Å². The van der Waals surface area contributed by atoms with Crippen LogP contribution in [0.25, 0.3) is 0 Å². The summed E-state index contributed by atoms with van der Waals surface area (Å²) in [5.41, 5.74) is 20.0. The minimum absolute atomic E-state index is 0.0268. The van der Waals surface area contributed by atoms with Crippen LogP contribution in [0.3, 0.4) is 0 Å². The molecule has 148 valence electrons. The number of rotatable bonds is 10. The second-order valence-electron chi connectivity index (χ2n) is 4.69. The summed E-state index contributed by atoms with van der Waals surface area (Å²) in [5, 5.41) is 32.4. The number of carbonyl (C=O) groups is 4. The van der Waals surface area contributed by atoms with Crippen LogP contribution in [0.1, 0.15) is 32.1 Å². The average Bonchev–Trinajstić information content (AvgIpc) is 2.47. The number of carboxylic acid groups (broad SMARTS) is 4. The second kappa shape index (κ2) is 18.1. The number of aliphatic carboxylic acids is 4. The van der Waals surface area contributed by atoms with Crippen molar-refractivity contribution in [3.8, 4) is 0 Å². The van der Waals surface area contributed by atoms with Gasteiger partial charge in [-0.3, -0.25) is 19.2 Å². The maximum absolute atomic E-state index is 10.1. The standard InChI is InChI=1S/C6H11NO4.C4H10N2O2.C3H7NO2/c7-4(6(10)11)2-1-3-5(8)9;5-2-1-3(6)4(7)8;4-2-1-3(5)6/h4H,1-3,7H2,(H,8,9)(H,10,11);3H,1-2,5-6H2,(H,7,8);1-2,4H2,(H,5,6). The third kappa shape index (κ3) is 26.9. The molecule has 0 aliphatic carbocycles. The van der Waals surface area contributed by atoms with Crippen LogP contribution in [-0.2, 0) is 19.2 Å². The molecular formula is C13H28N4O8. The fourth-order valence-corrected chi connectivity index (χ4v) is 1.02. The van der Waals surface area contributed by atoms with Gasteiger partial charge in [0.1, 0.15) is 12.1 Å². The van der Waals surface area contributed by atoms with Crippen molar-refractivity contribution in [2.75, 3.05) is 13.1 Å². The Hall–Kier alpha value is -2.28. The predicted octanol–water partition coefficient (Wildman–Crippen LogP) is -2.18. The Morgan fingerprint density at radius 2 is 1.08 bits per heavy atom. The third-order valence-corrected chi connectivity index (χ3v) is 2.38. The maximum atomic E-state index is 10.1. The van der Waals surface area contributed by atoms with Crippen molar-refractivity contribution in [2.24, 2.45) is 22.9 Å². The first-order chi connectivity index (χ1) is 11.5. The van der Waals surface area contributed by atoms with Gasteiger partial charge in [0.2, 0.25) is 0 Å². The second-order valence-corrected chi connectivity index (χ2v) is 4.69. The molecule has 0 aromatic heterocycles. The summed E-state index contributed by atoms with van der Waals surface area (Å²) in [7, 11) is 0. The lowest BCUT2D eigenvalue weighted by atomic mass is 10.1. The van der Waals surface area contributed by atoms with E-state index in [4.69, 9.17) is 43.4 Å². The molecule has 25 heavy (non-hydrogen) atoms. The number of hydrogen-bond acceptors (Lipinski definition) is 8. The van der Waals surface area contributed by atoms with E-state index in [1.807, 2.05) is 0 Å². The molecular weight excluding hydrogens is 340 g/mol. The van der Waals surface area contributed by atoms with Crippen LogP contribution in [0.4, 0.5) is 0 Å². The fraction of sp³-hybridized carbons (Fsp3) is 0.692. The third-order valence-electron chi connectivity index (χ3n) is 2.38. The van der Waals surface area contributed by atoms with Gasteiger partial charge in [-0.2, -0.15) is 0 Å². The minimum atomic E-state index is -1.09. The Kier molecular flexibility index (Phi) is 19.9. The van der Waals surface area contributed by atoms with Crippen LogP contribution in [-0.4, -0.2) is 69.5 Å². The molecule has 0 aromatic carbocycles. The highest BCUT2D eigenvalue weighted by Crippen LogP contribution is 1.98. The maximum Gasteiger partial charge on any atom is 0.320 e. The lowest BCUT2D eigenvalue weighted by molar-refractivity contribution is -0.140. The Bertz CT molecular complexity index is 405. The lowest BCUT2D eigenvalue weighted by Gasteiger charge is -2.02. The number of hydrogen-bond donors (Lipinski definition) is 8. The molecule has 0 bridgehead atoms. The first-order valence-electron chi connectivity index (χ1n) is 7.30. The Morgan fingerprint density at radius 1 is 0.680 bits per heavy atom. The van der Waals surface area contributed by atoms with Gasteiger partial charge >= 0.3 is 23.9 Å². The van der Waals surface area contributed by atoms with Gasteiger partial charge in [-0.25, -0.2) is 0 Å². The van der Waals surface area contributed by atoms with Gasteiger partial charge in [0, 0.05) is 13.0 Å². The Balaban J connectivity index is -0.000000306. The minimum Gasteiger partial charge on any atom is -0.481 e. The van der Waals surface area contributed by atoms with Gasteiger partial charge < -0.3 is 43.4 Å². The van der Waals surface area contributed by atoms with E-state index in [1.165, 1.54) is 0 Å². The first-order valence-corrected chi connectivity index (χ1v) is 7.30. The zero-order chi connectivity index (χ0) is 20.4. The van der Waals surface area contributed by atoms with Crippen LogP contribution in [0.15, 0.2) is 0 Å². The molecule has 12 heteroatoms. The molecule has 0 fully saturated rings. The Morgan fingerprint density at radius 3 is 1.28 bits per heavy atom. The SMILES string of the molecule is NC(CCCC(=O)O)C(=O)O.NCCC(=O)O.NCCC(N)C(=O)O. The van der Waals surface area contributed by atoms with E-state index >= 15 is 0 Å². The fourth-order valence-electron chi connectivity index (χ4n) is 1.02.